The van der Waals surface area contributed by atoms with Crippen LogP contribution in [0.5, 0.6) is 0 Å². The minimum Gasteiger partial charge on any atom is -0.198 e. The lowest BCUT2D eigenvalue weighted by Crippen LogP contribution is -2.35. The first kappa shape index (κ1) is 12.3. The van der Waals surface area contributed by atoms with Gasteiger partial charge in [0.15, 0.2) is 0 Å². The summed E-state index contributed by atoms with van der Waals surface area (Å²) in [6.07, 6.45) is 3.37. The molecule has 0 aromatic carbocycles. The molecule has 4 heteroatoms. The fraction of sp³-hybridized carbons (Fsp3) is 0.778. The van der Waals surface area contributed by atoms with Gasteiger partial charge in [0.05, 0.1) is 18.1 Å². The van der Waals surface area contributed by atoms with E-state index in [-0.39, 0.29) is 0 Å². The molecule has 2 nitrogen and oxygen atoms in total. The van der Waals surface area contributed by atoms with Gasteiger partial charge in [0, 0.05) is 0 Å². The van der Waals surface area contributed by atoms with Crippen molar-refractivity contribution >= 4 is 10.4 Å². The van der Waals surface area contributed by atoms with E-state index in [1.165, 1.54) is 12.5 Å². The van der Waals surface area contributed by atoms with E-state index in [4.69, 9.17) is 10.5 Å². The summed E-state index contributed by atoms with van der Waals surface area (Å²) < 4.78 is 12.6. The van der Waals surface area contributed by atoms with Gasteiger partial charge in [-0.1, -0.05) is 17.3 Å². The minimum absolute atomic E-state index is 0.515. The molecule has 2 unspecified atom stereocenters. The molecular weight excluding hydrogens is 187 g/mol. The summed E-state index contributed by atoms with van der Waals surface area (Å²) in [5.74, 6) is -0.521. The third kappa shape index (κ3) is 2.14. The van der Waals surface area contributed by atoms with Crippen molar-refractivity contribution in [2.24, 2.45) is 5.92 Å². The Labute approximate surface area is 81.0 Å². The largest absolute Gasteiger partial charge is 0.198 e. The van der Waals surface area contributed by atoms with E-state index in [1.807, 2.05) is 12.1 Å². The number of halogens is 1. The first-order valence-electron chi connectivity index (χ1n) is 4.06. The first-order valence-corrected chi connectivity index (χ1v) is 6.41. The maximum Gasteiger partial charge on any atom is 0.125 e. The van der Waals surface area contributed by atoms with Crippen molar-refractivity contribution in [2.45, 2.75) is 25.0 Å². The van der Waals surface area contributed by atoms with Crippen LogP contribution in [0.25, 0.3) is 0 Å². The van der Waals surface area contributed by atoms with Crippen LogP contribution >= 0.6 is 10.4 Å². The van der Waals surface area contributed by atoms with Crippen molar-refractivity contribution in [1.82, 2.24) is 0 Å². The highest BCUT2D eigenvalue weighted by molar-refractivity contribution is 8.29. The Morgan fingerprint density at radius 2 is 1.92 bits per heavy atom. The zero-order valence-corrected chi connectivity index (χ0v) is 9.28. The highest BCUT2D eigenvalue weighted by Gasteiger charge is 2.44. The molecule has 0 aliphatic heterocycles. The quantitative estimate of drug-likeness (QED) is 0.706. The monoisotopic (exact) mass is 202 g/mol. The van der Waals surface area contributed by atoms with E-state index in [2.05, 4.69) is 0 Å². The van der Waals surface area contributed by atoms with Gasteiger partial charge in [0.25, 0.3) is 0 Å². The molecule has 0 N–H and O–H groups in total. The molecule has 0 rings (SSSR count). The van der Waals surface area contributed by atoms with Crippen molar-refractivity contribution in [3.63, 3.8) is 0 Å². The van der Waals surface area contributed by atoms with Gasteiger partial charge >= 0.3 is 0 Å². The van der Waals surface area contributed by atoms with Gasteiger partial charge in [-0.05, 0) is 25.9 Å². The molecule has 0 aliphatic rings. The van der Waals surface area contributed by atoms with E-state index in [9.17, 15) is 3.89 Å². The Kier molecular flexibility index (Phi) is 3.75. The minimum atomic E-state index is -2.52. The smallest absolute Gasteiger partial charge is 0.125 e. The first-order chi connectivity index (χ1) is 5.83. The normalized spacial score (nSPS) is 19.3. The predicted octanol–water partition coefficient (Wildman–Crippen LogP) is 2.77. The molecule has 0 bridgehead atoms. The zero-order chi connectivity index (χ0) is 10.7. The molecule has 0 spiro atoms. The molecule has 13 heavy (non-hydrogen) atoms. The molecule has 0 saturated heterocycles. The number of nitriles is 2. The van der Waals surface area contributed by atoms with Crippen LogP contribution in [-0.2, 0) is 0 Å². The number of hydrogen-bond donors (Lipinski definition) is 0. The fourth-order valence-corrected chi connectivity index (χ4v) is 2.24. The lowest BCUT2D eigenvalue weighted by atomic mass is 9.93. The zero-order valence-electron chi connectivity index (χ0n) is 8.47. The van der Waals surface area contributed by atoms with Crippen LogP contribution in [0, 0.1) is 28.6 Å². The highest BCUT2D eigenvalue weighted by atomic mass is 32.3. The van der Waals surface area contributed by atoms with Crippen LogP contribution in [0.15, 0.2) is 0 Å². The Morgan fingerprint density at radius 3 is 2.00 bits per heavy atom. The third-order valence-corrected chi connectivity index (χ3v) is 4.85. The number of nitrogens with zero attached hydrogens (tertiary/aromatic N) is 2. The molecule has 0 aromatic heterocycles. The van der Waals surface area contributed by atoms with Crippen molar-refractivity contribution in [1.29, 1.82) is 10.5 Å². The Bertz CT molecular complexity index is 258. The summed E-state index contributed by atoms with van der Waals surface area (Å²) in [4.78, 5) is 0. The maximum atomic E-state index is 13.8. The van der Waals surface area contributed by atoms with E-state index in [0.717, 1.165) is 0 Å². The average molecular weight is 202 g/mol. The maximum absolute atomic E-state index is 13.8. The predicted molar refractivity (Wildman–Crippen MR) is 54.0 cm³/mol. The highest BCUT2D eigenvalue weighted by Crippen LogP contribution is 2.58. The van der Waals surface area contributed by atoms with Gasteiger partial charge in [-0.15, -0.1) is 0 Å². The molecule has 0 aliphatic carbocycles. The van der Waals surface area contributed by atoms with Crippen LogP contribution < -0.4 is 0 Å². The van der Waals surface area contributed by atoms with Crippen molar-refractivity contribution in [2.75, 3.05) is 12.5 Å². The summed E-state index contributed by atoms with van der Waals surface area (Å²) in [5.41, 5.74) is 0. The topological polar surface area (TPSA) is 47.6 Å². The molecule has 2 atom stereocenters. The fourth-order valence-electron chi connectivity index (χ4n) is 1.13. The SMILES string of the molecule is CCC(C#N)C(C)(C#N)S(C)(C)F. The molecule has 0 aromatic rings. The van der Waals surface area contributed by atoms with Crippen LogP contribution in [0.2, 0.25) is 0 Å². The second kappa shape index (κ2) is 3.98. The molecule has 0 fully saturated rings. The Morgan fingerprint density at radius 1 is 1.46 bits per heavy atom. The van der Waals surface area contributed by atoms with Crippen LogP contribution in [0.3, 0.4) is 0 Å². The second-order valence-corrected chi connectivity index (χ2v) is 6.76. The molecule has 74 valence electrons. The van der Waals surface area contributed by atoms with E-state index >= 15 is 0 Å². The standard InChI is InChI=1S/C9H15FN2S/c1-5-8(6-11)9(2,7-12)13(3,4)10/h8H,5H2,1-4H3. The lowest BCUT2D eigenvalue weighted by molar-refractivity contribution is 0.538. The van der Waals surface area contributed by atoms with Crippen molar-refractivity contribution < 1.29 is 3.89 Å². The van der Waals surface area contributed by atoms with Crippen LogP contribution in [0.1, 0.15) is 20.3 Å². The summed E-state index contributed by atoms with van der Waals surface area (Å²) in [6.45, 7) is 3.34. The molecular formula is C9H15FN2S. The summed E-state index contributed by atoms with van der Waals surface area (Å²) in [5, 5.41) is 17.7. The van der Waals surface area contributed by atoms with Crippen molar-refractivity contribution in [3.8, 4) is 12.1 Å². The van der Waals surface area contributed by atoms with Gasteiger partial charge in [0.1, 0.15) is 4.75 Å². The summed E-state index contributed by atoms with van der Waals surface area (Å²) in [7, 11) is -2.52. The van der Waals surface area contributed by atoms with Gasteiger partial charge in [-0.2, -0.15) is 14.4 Å². The number of rotatable bonds is 3. The number of hydrogen-bond acceptors (Lipinski definition) is 2. The molecule has 0 radical (unpaired) electrons. The molecule has 0 amide bonds. The van der Waals surface area contributed by atoms with E-state index in [1.54, 1.807) is 13.8 Å². The van der Waals surface area contributed by atoms with Gasteiger partial charge in [-0.3, -0.25) is 0 Å². The molecule has 0 heterocycles. The van der Waals surface area contributed by atoms with E-state index in [0.29, 0.717) is 6.42 Å². The lowest BCUT2D eigenvalue weighted by Gasteiger charge is -2.38. The Hall–Kier alpha value is -0.740. The second-order valence-electron chi connectivity index (χ2n) is 3.51. The third-order valence-electron chi connectivity index (χ3n) is 2.46. The van der Waals surface area contributed by atoms with Gasteiger partial charge in [-0.25, -0.2) is 0 Å². The van der Waals surface area contributed by atoms with Gasteiger partial charge < -0.3 is 0 Å². The molecule has 0 saturated carbocycles. The van der Waals surface area contributed by atoms with Crippen LogP contribution in [0.4, 0.5) is 3.89 Å². The van der Waals surface area contributed by atoms with Crippen molar-refractivity contribution in [3.05, 3.63) is 0 Å². The average Bonchev–Trinajstić information content (AvgIpc) is 2.04. The summed E-state index contributed by atoms with van der Waals surface area (Å²) in [6, 6.07) is 3.97. The summed E-state index contributed by atoms with van der Waals surface area (Å²) >= 11 is 0. The van der Waals surface area contributed by atoms with Crippen LogP contribution in [-0.4, -0.2) is 17.3 Å². The van der Waals surface area contributed by atoms with Gasteiger partial charge in [0.2, 0.25) is 0 Å². The van der Waals surface area contributed by atoms with E-state index < -0.39 is 21.1 Å². The Balaban J connectivity index is 5.10.